The molecule has 94 valence electrons. The average molecular weight is 226 g/mol. The number of ether oxygens (including phenoxy) is 1. The third-order valence-corrected chi connectivity index (χ3v) is 4.11. The molecule has 0 radical (unpaired) electrons. The van der Waals surface area contributed by atoms with Gasteiger partial charge in [0.05, 0.1) is 6.10 Å². The first-order valence-electron chi connectivity index (χ1n) is 6.84. The Kier molecular flexibility index (Phi) is 5.07. The maximum absolute atomic E-state index is 5.39. The monoisotopic (exact) mass is 226 g/mol. The highest BCUT2D eigenvalue weighted by molar-refractivity contribution is 4.76. The predicted octanol–water partition coefficient (Wildman–Crippen LogP) is 1.49. The minimum atomic E-state index is 0.499. The molecule has 2 fully saturated rings. The van der Waals surface area contributed by atoms with Crippen LogP contribution >= 0.6 is 0 Å². The molecule has 3 heteroatoms. The molecule has 2 aliphatic heterocycles. The Balaban J connectivity index is 1.54. The summed E-state index contributed by atoms with van der Waals surface area (Å²) >= 11 is 0. The summed E-state index contributed by atoms with van der Waals surface area (Å²) in [7, 11) is 1.84. The molecule has 0 saturated carbocycles. The van der Waals surface area contributed by atoms with E-state index in [4.69, 9.17) is 4.74 Å². The SMILES string of the molecule is COC1CCN(CCCC2CCNCC2)C1. The van der Waals surface area contributed by atoms with Crippen LogP contribution < -0.4 is 5.32 Å². The Morgan fingerprint density at radius 1 is 1.25 bits per heavy atom. The highest BCUT2D eigenvalue weighted by atomic mass is 16.5. The van der Waals surface area contributed by atoms with Gasteiger partial charge >= 0.3 is 0 Å². The second-order valence-corrected chi connectivity index (χ2v) is 5.28. The first-order valence-corrected chi connectivity index (χ1v) is 6.84. The first kappa shape index (κ1) is 12.3. The molecule has 0 aliphatic carbocycles. The molecule has 3 nitrogen and oxygen atoms in total. The number of nitrogens with zero attached hydrogens (tertiary/aromatic N) is 1. The minimum absolute atomic E-state index is 0.499. The van der Waals surface area contributed by atoms with Crippen molar-refractivity contribution in [2.24, 2.45) is 5.92 Å². The lowest BCUT2D eigenvalue weighted by atomic mass is 9.93. The van der Waals surface area contributed by atoms with Gasteiger partial charge in [-0.3, -0.25) is 0 Å². The maximum Gasteiger partial charge on any atom is 0.0710 e. The van der Waals surface area contributed by atoms with E-state index in [2.05, 4.69) is 10.2 Å². The van der Waals surface area contributed by atoms with E-state index in [1.165, 1.54) is 58.3 Å². The third-order valence-electron chi connectivity index (χ3n) is 4.11. The summed E-state index contributed by atoms with van der Waals surface area (Å²) < 4.78 is 5.39. The van der Waals surface area contributed by atoms with Crippen LogP contribution in [0.1, 0.15) is 32.1 Å². The zero-order chi connectivity index (χ0) is 11.2. The summed E-state index contributed by atoms with van der Waals surface area (Å²) in [6.45, 7) is 6.15. The van der Waals surface area contributed by atoms with Crippen molar-refractivity contribution in [2.45, 2.75) is 38.2 Å². The van der Waals surface area contributed by atoms with Gasteiger partial charge in [-0.2, -0.15) is 0 Å². The quantitative estimate of drug-likeness (QED) is 0.768. The average Bonchev–Trinajstić information content (AvgIpc) is 2.78. The Morgan fingerprint density at radius 3 is 2.75 bits per heavy atom. The summed E-state index contributed by atoms with van der Waals surface area (Å²) in [5.74, 6) is 0.988. The molecule has 1 atom stereocenters. The lowest BCUT2D eigenvalue weighted by molar-refractivity contribution is 0.107. The first-order chi connectivity index (χ1) is 7.88. The van der Waals surface area contributed by atoms with E-state index in [1.807, 2.05) is 7.11 Å². The number of likely N-dealkylation sites (tertiary alicyclic amines) is 1. The van der Waals surface area contributed by atoms with Crippen molar-refractivity contribution in [3.8, 4) is 0 Å². The topological polar surface area (TPSA) is 24.5 Å². The third kappa shape index (κ3) is 3.72. The molecule has 2 saturated heterocycles. The maximum atomic E-state index is 5.39. The van der Waals surface area contributed by atoms with Crippen LogP contribution in [0.5, 0.6) is 0 Å². The van der Waals surface area contributed by atoms with E-state index in [0.717, 1.165) is 12.5 Å². The van der Waals surface area contributed by atoms with Gasteiger partial charge in [0.1, 0.15) is 0 Å². The van der Waals surface area contributed by atoms with Crippen molar-refractivity contribution < 1.29 is 4.74 Å². The van der Waals surface area contributed by atoms with Crippen molar-refractivity contribution in [1.82, 2.24) is 10.2 Å². The second-order valence-electron chi connectivity index (χ2n) is 5.28. The van der Waals surface area contributed by atoms with Crippen LogP contribution in [0.3, 0.4) is 0 Å². The highest BCUT2D eigenvalue weighted by Crippen LogP contribution is 2.19. The number of piperidine rings is 1. The van der Waals surface area contributed by atoms with E-state index in [0.29, 0.717) is 6.10 Å². The number of nitrogens with one attached hydrogen (secondary N) is 1. The van der Waals surface area contributed by atoms with Crippen LogP contribution in [0.2, 0.25) is 0 Å². The number of methoxy groups -OCH3 is 1. The van der Waals surface area contributed by atoms with Crippen LogP contribution in [0.25, 0.3) is 0 Å². The van der Waals surface area contributed by atoms with E-state index in [-0.39, 0.29) is 0 Å². The molecular weight excluding hydrogens is 200 g/mol. The number of hydrogen-bond acceptors (Lipinski definition) is 3. The summed E-state index contributed by atoms with van der Waals surface area (Å²) in [4.78, 5) is 2.56. The normalized spacial score (nSPS) is 28.7. The second kappa shape index (κ2) is 6.58. The zero-order valence-corrected chi connectivity index (χ0v) is 10.6. The Labute approximate surface area is 99.5 Å². The van der Waals surface area contributed by atoms with Crippen molar-refractivity contribution in [3.05, 3.63) is 0 Å². The smallest absolute Gasteiger partial charge is 0.0710 e. The molecule has 0 amide bonds. The molecule has 2 aliphatic rings. The molecule has 0 spiro atoms. The van der Waals surface area contributed by atoms with Crippen LogP contribution in [0.4, 0.5) is 0 Å². The van der Waals surface area contributed by atoms with Gasteiger partial charge in [-0.15, -0.1) is 0 Å². The molecule has 0 aromatic heterocycles. The fourth-order valence-corrected chi connectivity index (χ4v) is 2.97. The van der Waals surface area contributed by atoms with E-state index in [9.17, 15) is 0 Å². The van der Waals surface area contributed by atoms with Gasteiger partial charge in [-0.1, -0.05) is 0 Å². The van der Waals surface area contributed by atoms with Crippen LogP contribution in [0, 0.1) is 5.92 Å². The van der Waals surface area contributed by atoms with Gasteiger partial charge in [-0.25, -0.2) is 0 Å². The molecule has 2 rings (SSSR count). The molecule has 1 N–H and O–H groups in total. The van der Waals surface area contributed by atoms with Gasteiger partial charge in [0.25, 0.3) is 0 Å². The van der Waals surface area contributed by atoms with Gasteiger partial charge in [0.2, 0.25) is 0 Å². The summed E-state index contributed by atoms with van der Waals surface area (Å²) in [5, 5.41) is 3.43. The van der Waals surface area contributed by atoms with E-state index >= 15 is 0 Å². The fourth-order valence-electron chi connectivity index (χ4n) is 2.97. The molecule has 2 heterocycles. The van der Waals surface area contributed by atoms with E-state index in [1.54, 1.807) is 0 Å². The summed E-state index contributed by atoms with van der Waals surface area (Å²) in [6, 6.07) is 0. The van der Waals surface area contributed by atoms with Crippen LogP contribution in [-0.4, -0.2) is 50.8 Å². The lowest BCUT2D eigenvalue weighted by Gasteiger charge is -2.23. The Bertz CT molecular complexity index is 192. The summed E-state index contributed by atoms with van der Waals surface area (Å²) in [6.07, 6.45) is 7.31. The molecule has 16 heavy (non-hydrogen) atoms. The van der Waals surface area contributed by atoms with Gasteiger partial charge in [-0.05, 0) is 57.7 Å². The molecule has 0 aromatic rings. The largest absolute Gasteiger partial charge is 0.380 e. The lowest BCUT2D eigenvalue weighted by Crippen LogP contribution is -2.29. The standard InChI is InChI=1S/C13H26N2O/c1-16-13-6-10-15(11-13)9-2-3-12-4-7-14-8-5-12/h12-14H,2-11H2,1H3. The molecular formula is C13H26N2O. The number of rotatable bonds is 5. The Hall–Kier alpha value is -0.120. The van der Waals surface area contributed by atoms with Crippen molar-refractivity contribution >= 4 is 0 Å². The fraction of sp³-hybridized carbons (Fsp3) is 1.00. The molecule has 1 unspecified atom stereocenters. The number of hydrogen-bond donors (Lipinski definition) is 1. The van der Waals surface area contributed by atoms with Crippen molar-refractivity contribution in [1.29, 1.82) is 0 Å². The van der Waals surface area contributed by atoms with Crippen molar-refractivity contribution in [2.75, 3.05) is 39.8 Å². The predicted molar refractivity (Wildman–Crippen MR) is 66.7 cm³/mol. The van der Waals surface area contributed by atoms with Crippen LogP contribution in [0.15, 0.2) is 0 Å². The van der Waals surface area contributed by atoms with Gasteiger partial charge in [0, 0.05) is 20.2 Å². The van der Waals surface area contributed by atoms with Gasteiger partial charge < -0.3 is 15.0 Å². The highest BCUT2D eigenvalue weighted by Gasteiger charge is 2.21. The minimum Gasteiger partial charge on any atom is -0.380 e. The molecule has 0 aromatic carbocycles. The summed E-state index contributed by atoms with van der Waals surface area (Å²) in [5.41, 5.74) is 0. The van der Waals surface area contributed by atoms with Gasteiger partial charge in [0.15, 0.2) is 0 Å². The van der Waals surface area contributed by atoms with E-state index < -0.39 is 0 Å². The zero-order valence-electron chi connectivity index (χ0n) is 10.6. The Morgan fingerprint density at radius 2 is 2.06 bits per heavy atom. The van der Waals surface area contributed by atoms with Crippen molar-refractivity contribution in [3.63, 3.8) is 0 Å². The molecule has 0 bridgehead atoms. The van der Waals surface area contributed by atoms with Crippen LogP contribution in [-0.2, 0) is 4.74 Å².